The van der Waals surface area contributed by atoms with Gasteiger partial charge in [0, 0.05) is 5.56 Å². The van der Waals surface area contributed by atoms with Crippen molar-refractivity contribution >= 4 is 29.3 Å². The molecule has 1 saturated heterocycles. The fourth-order valence-electron chi connectivity index (χ4n) is 6.02. The van der Waals surface area contributed by atoms with Crippen LogP contribution in [0.4, 0.5) is 5.69 Å². The van der Waals surface area contributed by atoms with Gasteiger partial charge in [-0.05, 0) is 55.2 Å². The molecule has 2 saturated carbocycles. The smallest absolute Gasteiger partial charge is 0.338 e. The summed E-state index contributed by atoms with van der Waals surface area (Å²) in [6.07, 6.45) is 5.37. The van der Waals surface area contributed by atoms with E-state index in [-0.39, 0.29) is 53.4 Å². The van der Waals surface area contributed by atoms with E-state index in [2.05, 4.69) is 12.2 Å². The number of allylic oxidation sites excluding steroid dienone is 2. The van der Waals surface area contributed by atoms with Crippen LogP contribution in [0.1, 0.15) is 32.7 Å². The van der Waals surface area contributed by atoms with Crippen molar-refractivity contribution in [1.82, 2.24) is 0 Å². The van der Waals surface area contributed by atoms with Gasteiger partial charge in [-0.2, -0.15) is 0 Å². The van der Waals surface area contributed by atoms with Gasteiger partial charge < -0.3 is 4.74 Å². The Morgan fingerprint density at radius 2 is 1.55 bits per heavy atom. The van der Waals surface area contributed by atoms with Crippen molar-refractivity contribution < 1.29 is 23.9 Å². The van der Waals surface area contributed by atoms with E-state index in [4.69, 9.17) is 4.74 Å². The third-order valence-electron chi connectivity index (χ3n) is 7.71. The summed E-state index contributed by atoms with van der Waals surface area (Å²) in [6, 6.07) is 13.4. The molecular weight excluding hydrogens is 418 g/mol. The number of esters is 1. The molecule has 3 fully saturated rings. The molecule has 2 amide bonds. The van der Waals surface area contributed by atoms with Crippen LogP contribution in [-0.4, -0.2) is 30.2 Å². The minimum Gasteiger partial charge on any atom is -0.454 e. The lowest BCUT2D eigenvalue weighted by molar-refractivity contribution is -0.124. The molecule has 6 heteroatoms. The maximum atomic E-state index is 13.3. The number of carbonyl (C=O) groups is 4. The number of rotatable bonds is 5. The van der Waals surface area contributed by atoms with Gasteiger partial charge in [-0.15, -0.1) is 0 Å². The molecule has 0 radical (unpaired) electrons. The molecular formula is C27H23NO5. The molecule has 2 aromatic rings. The van der Waals surface area contributed by atoms with Gasteiger partial charge in [-0.25, -0.2) is 9.69 Å². The highest BCUT2D eigenvalue weighted by Crippen LogP contribution is 2.65. The first kappa shape index (κ1) is 20.1. The summed E-state index contributed by atoms with van der Waals surface area (Å²) in [6.45, 7) is 1.55. The molecule has 5 aliphatic rings. The number of carbonyl (C=O) groups excluding carboxylic acids is 4. The van der Waals surface area contributed by atoms with Crippen molar-refractivity contribution in [2.75, 3.05) is 11.5 Å². The number of nitrogens with zero attached hydrogens (tertiary/aromatic N) is 1. The molecule has 0 unspecified atom stereocenters. The second kappa shape index (κ2) is 7.24. The van der Waals surface area contributed by atoms with E-state index in [1.807, 2.05) is 19.1 Å². The summed E-state index contributed by atoms with van der Waals surface area (Å²) in [5.74, 6) is -0.537. The number of aryl methyl sites for hydroxylation is 1. The first-order valence-corrected chi connectivity index (χ1v) is 11.4. The molecule has 7 rings (SSSR count). The molecule has 0 spiro atoms. The summed E-state index contributed by atoms with van der Waals surface area (Å²) >= 11 is 0. The molecule has 1 heterocycles. The van der Waals surface area contributed by atoms with Crippen LogP contribution in [0.25, 0.3) is 0 Å². The maximum absolute atomic E-state index is 13.3. The van der Waals surface area contributed by atoms with E-state index in [0.29, 0.717) is 23.1 Å². The standard InChI is InChI=1S/C27H23NO5/c1-14-5-7-15(8-6-14)22(29)13-33-27(32)16-3-2-4-17(11-16)28-25(30)23-18-9-10-19(21-12-20(18)21)24(23)26(28)31/h2-11,18-21,23-24H,12-13H2,1H3/t18-,19-,20-,21+,23+,24-/m1/s1. The van der Waals surface area contributed by atoms with Gasteiger partial charge in [0.15, 0.2) is 12.4 Å². The Morgan fingerprint density at radius 1 is 0.909 bits per heavy atom. The van der Waals surface area contributed by atoms with Gasteiger partial charge in [0.1, 0.15) is 0 Å². The number of benzene rings is 2. The van der Waals surface area contributed by atoms with E-state index >= 15 is 0 Å². The van der Waals surface area contributed by atoms with Crippen LogP contribution in [0, 0.1) is 42.4 Å². The Hall–Kier alpha value is -3.54. The highest BCUT2D eigenvalue weighted by Gasteiger charge is 2.67. The average molecular weight is 441 g/mol. The number of Topliss-reactive ketones (excluding diaryl/α,β-unsaturated/α-hetero) is 1. The van der Waals surface area contributed by atoms with Crippen LogP contribution < -0.4 is 4.90 Å². The predicted octanol–water partition coefficient (Wildman–Crippen LogP) is 3.59. The number of amides is 2. The van der Waals surface area contributed by atoms with Crippen LogP contribution in [0.2, 0.25) is 0 Å². The van der Waals surface area contributed by atoms with Crippen LogP contribution in [-0.2, 0) is 14.3 Å². The Kier molecular flexibility index (Phi) is 4.41. The molecule has 6 atom stereocenters. The zero-order valence-corrected chi connectivity index (χ0v) is 18.1. The molecule has 2 aromatic carbocycles. The zero-order chi connectivity index (χ0) is 22.9. The van der Waals surface area contributed by atoms with Crippen LogP contribution in [0.15, 0.2) is 60.7 Å². The minimum absolute atomic E-state index is 0.146. The number of hydrogen-bond donors (Lipinski definition) is 0. The van der Waals surface area contributed by atoms with E-state index in [9.17, 15) is 19.2 Å². The Morgan fingerprint density at radius 3 is 2.18 bits per heavy atom. The molecule has 2 bridgehead atoms. The normalized spacial score (nSPS) is 30.8. The number of imide groups is 1. The largest absolute Gasteiger partial charge is 0.454 e. The molecule has 33 heavy (non-hydrogen) atoms. The number of anilines is 1. The first-order chi connectivity index (χ1) is 15.9. The van der Waals surface area contributed by atoms with Crippen molar-refractivity contribution in [1.29, 1.82) is 0 Å². The lowest BCUT2D eigenvalue weighted by Gasteiger charge is -2.37. The molecule has 0 aromatic heterocycles. The van der Waals surface area contributed by atoms with Gasteiger partial charge in [-0.1, -0.05) is 48.0 Å². The minimum atomic E-state index is -0.670. The molecule has 4 aliphatic carbocycles. The number of ketones is 1. The van der Waals surface area contributed by atoms with E-state index in [1.165, 1.54) is 11.0 Å². The van der Waals surface area contributed by atoms with Crippen LogP contribution in [0.3, 0.4) is 0 Å². The van der Waals surface area contributed by atoms with Crippen molar-refractivity contribution in [3.05, 3.63) is 77.4 Å². The molecule has 166 valence electrons. The number of ether oxygens (including phenoxy) is 1. The summed E-state index contributed by atoms with van der Waals surface area (Å²) in [5.41, 5.74) is 2.08. The summed E-state index contributed by atoms with van der Waals surface area (Å²) in [4.78, 5) is 52.8. The Bertz CT molecular complexity index is 1190. The second-order valence-electron chi connectivity index (χ2n) is 9.58. The lowest BCUT2D eigenvalue weighted by atomic mass is 9.63. The monoisotopic (exact) mass is 441 g/mol. The second-order valence-corrected chi connectivity index (χ2v) is 9.58. The van der Waals surface area contributed by atoms with Crippen molar-refractivity contribution in [2.45, 2.75) is 13.3 Å². The Labute approximate surface area is 191 Å². The van der Waals surface area contributed by atoms with Crippen LogP contribution in [0.5, 0.6) is 0 Å². The highest BCUT2D eigenvalue weighted by atomic mass is 16.5. The summed E-state index contributed by atoms with van der Waals surface area (Å²) in [5, 5.41) is 0. The summed E-state index contributed by atoms with van der Waals surface area (Å²) in [7, 11) is 0. The predicted molar refractivity (Wildman–Crippen MR) is 119 cm³/mol. The van der Waals surface area contributed by atoms with E-state index in [1.54, 1.807) is 30.3 Å². The average Bonchev–Trinajstić information content (AvgIpc) is 3.61. The van der Waals surface area contributed by atoms with E-state index in [0.717, 1.165) is 12.0 Å². The Balaban J connectivity index is 1.18. The van der Waals surface area contributed by atoms with Crippen molar-refractivity contribution in [3.8, 4) is 0 Å². The third kappa shape index (κ3) is 3.08. The van der Waals surface area contributed by atoms with Gasteiger partial charge in [0.05, 0.1) is 23.1 Å². The molecule has 1 aliphatic heterocycles. The molecule has 0 N–H and O–H groups in total. The summed E-state index contributed by atoms with van der Waals surface area (Å²) < 4.78 is 5.22. The quantitative estimate of drug-likeness (QED) is 0.307. The molecule has 6 nitrogen and oxygen atoms in total. The highest BCUT2D eigenvalue weighted by molar-refractivity contribution is 6.23. The topological polar surface area (TPSA) is 80.8 Å². The maximum Gasteiger partial charge on any atom is 0.338 e. The van der Waals surface area contributed by atoms with Gasteiger partial charge in [-0.3, -0.25) is 14.4 Å². The zero-order valence-electron chi connectivity index (χ0n) is 18.1. The van der Waals surface area contributed by atoms with Gasteiger partial charge in [0.25, 0.3) is 0 Å². The van der Waals surface area contributed by atoms with E-state index < -0.39 is 5.97 Å². The van der Waals surface area contributed by atoms with Crippen molar-refractivity contribution in [2.24, 2.45) is 35.5 Å². The SMILES string of the molecule is Cc1ccc(C(=O)COC(=O)c2cccc(N3C(=O)[C@@H]4[C@@H]5C=C[C@H]([C@H]6C[C@@H]56)[C@@H]4C3=O)c2)cc1. The van der Waals surface area contributed by atoms with Gasteiger partial charge >= 0.3 is 5.97 Å². The fraction of sp³-hybridized carbons (Fsp3) is 0.333. The van der Waals surface area contributed by atoms with Crippen molar-refractivity contribution in [3.63, 3.8) is 0 Å². The third-order valence-corrected chi connectivity index (χ3v) is 7.71. The fourth-order valence-corrected chi connectivity index (χ4v) is 6.02. The van der Waals surface area contributed by atoms with Crippen LogP contribution >= 0.6 is 0 Å². The number of hydrogen-bond acceptors (Lipinski definition) is 5. The first-order valence-electron chi connectivity index (χ1n) is 11.4. The van der Waals surface area contributed by atoms with Gasteiger partial charge in [0.2, 0.25) is 11.8 Å². The lowest BCUT2D eigenvalue weighted by Crippen LogP contribution is -2.40.